The van der Waals surface area contributed by atoms with E-state index >= 15 is 0 Å². The van der Waals surface area contributed by atoms with Crippen molar-refractivity contribution in [1.29, 1.82) is 0 Å². The second-order valence-electron chi connectivity index (χ2n) is 4.74. The van der Waals surface area contributed by atoms with Crippen LogP contribution in [0.2, 0.25) is 0 Å². The van der Waals surface area contributed by atoms with E-state index in [4.69, 9.17) is 9.47 Å². The predicted octanol–water partition coefficient (Wildman–Crippen LogP) is 5.24. The largest absolute Gasteiger partial charge is 0.497 e. The first kappa shape index (κ1) is 14.6. The van der Waals surface area contributed by atoms with E-state index in [0.29, 0.717) is 0 Å². The Balaban J connectivity index is 1.91. The molecule has 0 fully saturated rings. The third-order valence-electron chi connectivity index (χ3n) is 3.42. The van der Waals surface area contributed by atoms with Crippen molar-refractivity contribution in [3.05, 3.63) is 60.4 Å². The monoisotopic (exact) mass is 314 g/mol. The lowest BCUT2D eigenvalue weighted by Gasteiger charge is -2.03. The second-order valence-corrected chi connectivity index (χ2v) is 5.83. The quantitative estimate of drug-likeness (QED) is 0.656. The maximum Gasteiger partial charge on any atom is 0.165 e. The minimum absolute atomic E-state index is 0.260. The maximum atomic E-state index is 13.8. The number of halogens is 1. The molecule has 2 aromatic carbocycles. The van der Waals surface area contributed by atoms with Gasteiger partial charge in [0.15, 0.2) is 11.6 Å². The summed E-state index contributed by atoms with van der Waals surface area (Å²) in [5.74, 6) is 0.743. The Labute approximate surface area is 132 Å². The van der Waals surface area contributed by atoms with E-state index in [-0.39, 0.29) is 11.6 Å². The summed E-state index contributed by atoms with van der Waals surface area (Å²) in [7, 11) is 3.11. The number of benzene rings is 2. The molecule has 0 N–H and O–H groups in total. The van der Waals surface area contributed by atoms with Gasteiger partial charge < -0.3 is 9.47 Å². The van der Waals surface area contributed by atoms with Crippen LogP contribution in [0.3, 0.4) is 0 Å². The number of hydrogen-bond acceptors (Lipinski definition) is 3. The van der Waals surface area contributed by atoms with E-state index < -0.39 is 0 Å². The van der Waals surface area contributed by atoms with Gasteiger partial charge in [-0.2, -0.15) is 0 Å². The zero-order chi connectivity index (χ0) is 15.5. The lowest BCUT2D eigenvalue weighted by molar-refractivity contribution is 0.386. The van der Waals surface area contributed by atoms with E-state index in [1.807, 2.05) is 42.5 Å². The molecule has 0 aliphatic rings. The van der Waals surface area contributed by atoms with Gasteiger partial charge in [0.1, 0.15) is 5.75 Å². The Bertz CT molecular complexity index is 778. The van der Waals surface area contributed by atoms with Crippen LogP contribution in [0.15, 0.2) is 54.6 Å². The van der Waals surface area contributed by atoms with Crippen LogP contribution in [-0.2, 0) is 0 Å². The molecular formula is C18H15FO2S. The molecule has 1 aromatic heterocycles. The van der Waals surface area contributed by atoms with Gasteiger partial charge in [-0.15, -0.1) is 11.3 Å². The highest BCUT2D eigenvalue weighted by atomic mass is 32.1. The van der Waals surface area contributed by atoms with Gasteiger partial charge in [-0.05, 0) is 65.7 Å². The highest BCUT2D eigenvalue weighted by molar-refractivity contribution is 7.18. The van der Waals surface area contributed by atoms with Crippen molar-refractivity contribution >= 4 is 11.3 Å². The van der Waals surface area contributed by atoms with Crippen molar-refractivity contribution in [3.8, 4) is 32.4 Å². The van der Waals surface area contributed by atoms with E-state index in [2.05, 4.69) is 0 Å². The second kappa shape index (κ2) is 6.20. The van der Waals surface area contributed by atoms with E-state index in [9.17, 15) is 4.39 Å². The van der Waals surface area contributed by atoms with E-state index in [1.54, 1.807) is 24.5 Å². The normalized spacial score (nSPS) is 10.5. The number of methoxy groups -OCH3 is 2. The van der Waals surface area contributed by atoms with Crippen molar-refractivity contribution in [2.45, 2.75) is 0 Å². The molecule has 22 heavy (non-hydrogen) atoms. The SMILES string of the molecule is COc1ccc(-c2ccc(-c3ccc(OC)c(F)c3)s2)cc1. The topological polar surface area (TPSA) is 18.5 Å². The summed E-state index contributed by atoms with van der Waals surface area (Å²) in [6, 6.07) is 17.0. The molecule has 2 nitrogen and oxygen atoms in total. The minimum atomic E-state index is -0.348. The predicted molar refractivity (Wildman–Crippen MR) is 88.3 cm³/mol. The first-order valence-corrected chi connectivity index (χ1v) is 7.61. The maximum absolute atomic E-state index is 13.8. The molecular weight excluding hydrogens is 299 g/mol. The number of rotatable bonds is 4. The van der Waals surface area contributed by atoms with Gasteiger partial charge in [-0.25, -0.2) is 4.39 Å². The van der Waals surface area contributed by atoms with Crippen LogP contribution in [-0.4, -0.2) is 14.2 Å². The van der Waals surface area contributed by atoms with Gasteiger partial charge in [-0.1, -0.05) is 0 Å². The molecule has 3 rings (SSSR count). The smallest absolute Gasteiger partial charge is 0.165 e. The summed E-state index contributed by atoms with van der Waals surface area (Å²) in [5.41, 5.74) is 1.97. The fourth-order valence-electron chi connectivity index (χ4n) is 2.22. The molecule has 4 heteroatoms. The zero-order valence-corrected chi connectivity index (χ0v) is 13.1. The Kier molecular flexibility index (Phi) is 4.11. The molecule has 3 aromatic rings. The van der Waals surface area contributed by atoms with Crippen molar-refractivity contribution in [1.82, 2.24) is 0 Å². The van der Waals surface area contributed by atoms with Crippen LogP contribution in [0, 0.1) is 5.82 Å². The average molecular weight is 314 g/mol. The number of ether oxygens (including phenoxy) is 2. The van der Waals surface area contributed by atoms with Crippen LogP contribution < -0.4 is 9.47 Å². The summed E-state index contributed by atoms with van der Waals surface area (Å²) in [5, 5.41) is 0. The van der Waals surface area contributed by atoms with Crippen molar-refractivity contribution in [2.75, 3.05) is 14.2 Å². The molecule has 0 spiro atoms. The first-order valence-electron chi connectivity index (χ1n) is 6.79. The number of thiophene rings is 1. The minimum Gasteiger partial charge on any atom is -0.497 e. The third-order valence-corrected chi connectivity index (χ3v) is 4.60. The van der Waals surface area contributed by atoms with Gasteiger partial charge in [0, 0.05) is 9.75 Å². The first-order chi connectivity index (χ1) is 10.7. The van der Waals surface area contributed by atoms with E-state index in [1.165, 1.54) is 13.2 Å². The Morgan fingerprint density at radius 3 is 2.00 bits per heavy atom. The Morgan fingerprint density at radius 2 is 1.41 bits per heavy atom. The van der Waals surface area contributed by atoms with Gasteiger partial charge >= 0.3 is 0 Å². The van der Waals surface area contributed by atoms with Crippen molar-refractivity contribution < 1.29 is 13.9 Å². The van der Waals surface area contributed by atoms with Crippen molar-refractivity contribution in [2.24, 2.45) is 0 Å². The summed E-state index contributed by atoms with van der Waals surface area (Å²) < 4.78 is 23.9. The lowest BCUT2D eigenvalue weighted by atomic mass is 10.1. The molecule has 0 unspecified atom stereocenters. The molecule has 0 aliphatic heterocycles. The fraction of sp³-hybridized carbons (Fsp3) is 0.111. The summed E-state index contributed by atoms with van der Waals surface area (Å²) in [4.78, 5) is 2.15. The molecule has 0 aliphatic carbocycles. The van der Waals surface area contributed by atoms with E-state index in [0.717, 1.165) is 26.6 Å². The van der Waals surface area contributed by atoms with Gasteiger partial charge in [0.05, 0.1) is 14.2 Å². The molecule has 0 saturated heterocycles. The summed E-state index contributed by atoms with van der Waals surface area (Å²) in [6.45, 7) is 0. The van der Waals surface area contributed by atoms with Crippen LogP contribution in [0.25, 0.3) is 20.9 Å². The molecule has 0 bridgehead atoms. The number of hydrogen-bond donors (Lipinski definition) is 0. The van der Waals surface area contributed by atoms with Crippen LogP contribution in [0.4, 0.5) is 4.39 Å². The highest BCUT2D eigenvalue weighted by Crippen LogP contribution is 2.36. The van der Waals surface area contributed by atoms with Crippen LogP contribution in [0.1, 0.15) is 0 Å². The highest BCUT2D eigenvalue weighted by Gasteiger charge is 2.08. The molecule has 0 saturated carbocycles. The fourth-order valence-corrected chi connectivity index (χ4v) is 3.23. The van der Waals surface area contributed by atoms with Gasteiger partial charge in [0.25, 0.3) is 0 Å². The zero-order valence-electron chi connectivity index (χ0n) is 12.3. The van der Waals surface area contributed by atoms with Gasteiger partial charge in [-0.3, -0.25) is 0 Å². The molecule has 1 heterocycles. The van der Waals surface area contributed by atoms with Gasteiger partial charge in [0.2, 0.25) is 0 Å². The third kappa shape index (κ3) is 2.83. The summed E-state index contributed by atoms with van der Waals surface area (Å²) in [6.07, 6.45) is 0. The molecule has 0 amide bonds. The van der Waals surface area contributed by atoms with Crippen LogP contribution in [0.5, 0.6) is 11.5 Å². The lowest BCUT2D eigenvalue weighted by Crippen LogP contribution is -1.87. The van der Waals surface area contributed by atoms with Crippen LogP contribution >= 0.6 is 11.3 Å². The Morgan fingerprint density at radius 1 is 0.773 bits per heavy atom. The standard InChI is InChI=1S/C18H15FO2S/c1-20-14-6-3-12(4-7-14)17-9-10-18(22-17)13-5-8-16(21-2)15(19)11-13/h3-11H,1-2H3. The summed E-state index contributed by atoms with van der Waals surface area (Å²) >= 11 is 1.63. The Hall–Kier alpha value is -2.33. The van der Waals surface area contributed by atoms with Crippen molar-refractivity contribution in [3.63, 3.8) is 0 Å². The molecule has 0 atom stereocenters. The molecule has 0 radical (unpaired) electrons. The molecule has 112 valence electrons. The average Bonchev–Trinajstić information content (AvgIpc) is 3.05.